The highest BCUT2D eigenvalue weighted by molar-refractivity contribution is 5.86. The van der Waals surface area contributed by atoms with Crippen molar-refractivity contribution in [2.75, 3.05) is 0 Å². The number of benzene rings is 2. The number of allylic oxidation sites excluding steroid dienone is 2. The molecule has 1 fully saturated rings. The van der Waals surface area contributed by atoms with Crippen LogP contribution in [0.3, 0.4) is 0 Å². The zero-order valence-corrected chi connectivity index (χ0v) is 9.84. The van der Waals surface area contributed by atoms with Gasteiger partial charge >= 0.3 is 0 Å². The van der Waals surface area contributed by atoms with Crippen molar-refractivity contribution in [2.24, 2.45) is 11.8 Å². The molecule has 0 aromatic heterocycles. The minimum atomic E-state index is 0. The van der Waals surface area contributed by atoms with Crippen molar-refractivity contribution in [3.63, 3.8) is 0 Å². The summed E-state index contributed by atoms with van der Waals surface area (Å²) in [5.74, 6) is 2.41. The summed E-state index contributed by atoms with van der Waals surface area (Å²) in [6.07, 6.45) is 7.61. The predicted octanol–water partition coefficient (Wildman–Crippen LogP) is 5.16. The fourth-order valence-electron chi connectivity index (χ4n) is 3.71. The second-order valence-corrected chi connectivity index (χ2v) is 5.46. The molecule has 0 heteroatoms. The first-order valence-electron chi connectivity index (χ1n) is 6.58. The molecule has 0 nitrogen and oxygen atoms in total. The Morgan fingerprint density at radius 3 is 2.44 bits per heavy atom. The highest BCUT2D eigenvalue weighted by atomic mass is 14.4. The monoisotopic (exact) mass is 236 g/mol. The summed E-state index contributed by atoms with van der Waals surface area (Å²) < 4.78 is 0. The molecular formula is C18H20. The van der Waals surface area contributed by atoms with Gasteiger partial charge in [-0.05, 0) is 46.9 Å². The third kappa shape index (κ3) is 1.59. The van der Waals surface area contributed by atoms with E-state index in [1.54, 1.807) is 5.56 Å². The average molecular weight is 236 g/mol. The molecule has 18 heavy (non-hydrogen) atoms. The van der Waals surface area contributed by atoms with E-state index in [0.29, 0.717) is 0 Å². The van der Waals surface area contributed by atoms with Gasteiger partial charge in [-0.3, -0.25) is 0 Å². The standard InChI is InChI=1S/C17H16.CH4/c1-2-6-15-13(4-1)5-3-7-16(15)17-11-12-8-9-14(17)10-12;/h1-9,12,14,17H,10-11H2;1H4/t12-,14+,17+;/m1./s1. The first-order chi connectivity index (χ1) is 8.42. The SMILES string of the molecule is C.C1=C[C@H]2C[C@@H]1C[C@@H]2c1cccc2ccccc12. The van der Waals surface area contributed by atoms with Gasteiger partial charge in [-0.25, -0.2) is 0 Å². The molecule has 0 saturated heterocycles. The molecule has 2 aromatic carbocycles. The fourth-order valence-corrected chi connectivity index (χ4v) is 3.71. The molecule has 2 aliphatic carbocycles. The normalized spacial score (nSPS) is 28.6. The molecule has 0 amide bonds. The van der Waals surface area contributed by atoms with Crippen LogP contribution in [0.25, 0.3) is 10.8 Å². The lowest BCUT2D eigenvalue weighted by Crippen LogP contribution is -2.05. The van der Waals surface area contributed by atoms with E-state index in [4.69, 9.17) is 0 Å². The average Bonchev–Trinajstić information content (AvgIpc) is 3.00. The Hall–Kier alpha value is -1.56. The van der Waals surface area contributed by atoms with Gasteiger partial charge in [0.15, 0.2) is 0 Å². The predicted molar refractivity (Wildman–Crippen MR) is 78.8 cm³/mol. The first kappa shape index (κ1) is 11.5. The van der Waals surface area contributed by atoms with Crippen LogP contribution in [-0.4, -0.2) is 0 Å². The highest BCUT2D eigenvalue weighted by Crippen LogP contribution is 2.49. The largest absolute Gasteiger partial charge is 0.0851 e. The maximum absolute atomic E-state index is 2.45. The summed E-state index contributed by atoms with van der Waals surface area (Å²) in [5, 5.41) is 2.85. The van der Waals surface area contributed by atoms with Crippen LogP contribution in [0.1, 0.15) is 31.7 Å². The van der Waals surface area contributed by atoms with Crippen molar-refractivity contribution in [1.82, 2.24) is 0 Å². The topological polar surface area (TPSA) is 0 Å². The van der Waals surface area contributed by atoms with Crippen molar-refractivity contribution in [3.8, 4) is 0 Å². The van der Waals surface area contributed by atoms with Gasteiger partial charge in [-0.2, -0.15) is 0 Å². The quantitative estimate of drug-likeness (QED) is 0.600. The summed E-state index contributed by atoms with van der Waals surface area (Å²) in [6, 6.07) is 15.6. The van der Waals surface area contributed by atoms with Gasteiger partial charge in [0.25, 0.3) is 0 Å². The molecule has 0 N–H and O–H groups in total. The highest BCUT2D eigenvalue weighted by Gasteiger charge is 2.36. The summed E-state index contributed by atoms with van der Waals surface area (Å²) >= 11 is 0. The zero-order chi connectivity index (χ0) is 11.2. The molecule has 0 radical (unpaired) electrons. The molecule has 4 rings (SSSR count). The van der Waals surface area contributed by atoms with Crippen LogP contribution >= 0.6 is 0 Å². The van der Waals surface area contributed by atoms with Crippen molar-refractivity contribution in [3.05, 3.63) is 60.2 Å². The zero-order valence-electron chi connectivity index (χ0n) is 9.84. The Kier molecular flexibility index (Phi) is 2.74. The van der Waals surface area contributed by atoms with E-state index in [9.17, 15) is 0 Å². The Morgan fingerprint density at radius 2 is 1.67 bits per heavy atom. The van der Waals surface area contributed by atoms with Crippen LogP contribution in [0.2, 0.25) is 0 Å². The molecular weight excluding hydrogens is 216 g/mol. The lowest BCUT2D eigenvalue weighted by Gasteiger charge is -2.20. The third-order valence-electron chi connectivity index (χ3n) is 4.50. The molecule has 1 saturated carbocycles. The van der Waals surface area contributed by atoms with Crippen molar-refractivity contribution >= 4 is 10.8 Å². The van der Waals surface area contributed by atoms with Crippen molar-refractivity contribution in [1.29, 1.82) is 0 Å². The molecule has 2 bridgehead atoms. The lowest BCUT2D eigenvalue weighted by atomic mass is 9.84. The van der Waals surface area contributed by atoms with E-state index >= 15 is 0 Å². The Labute approximate surface area is 109 Å². The molecule has 0 heterocycles. The van der Waals surface area contributed by atoms with E-state index in [2.05, 4.69) is 54.6 Å². The van der Waals surface area contributed by atoms with Crippen LogP contribution in [0.4, 0.5) is 0 Å². The summed E-state index contributed by atoms with van der Waals surface area (Å²) in [7, 11) is 0. The third-order valence-corrected chi connectivity index (χ3v) is 4.50. The van der Waals surface area contributed by atoms with Gasteiger partial charge in [0.2, 0.25) is 0 Å². The molecule has 2 aromatic rings. The number of hydrogen-bond donors (Lipinski definition) is 0. The van der Waals surface area contributed by atoms with Gasteiger partial charge in [0.05, 0.1) is 0 Å². The van der Waals surface area contributed by atoms with Crippen LogP contribution in [0, 0.1) is 11.8 Å². The van der Waals surface area contributed by atoms with Crippen LogP contribution < -0.4 is 0 Å². The van der Waals surface area contributed by atoms with E-state index < -0.39 is 0 Å². The minimum Gasteiger partial charge on any atom is -0.0851 e. The van der Waals surface area contributed by atoms with E-state index in [0.717, 1.165) is 17.8 Å². The molecule has 2 aliphatic rings. The van der Waals surface area contributed by atoms with Gasteiger partial charge in [0.1, 0.15) is 0 Å². The number of rotatable bonds is 1. The van der Waals surface area contributed by atoms with Gasteiger partial charge in [-0.1, -0.05) is 62.0 Å². The van der Waals surface area contributed by atoms with Gasteiger partial charge in [-0.15, -0.1) is 0 Å². The molecule has 0 unspecified atom stereocenters. The maximum Gasteiger partial charge on any atom is -0.00870 e. The Balaban J connectivity index is 0.000001000. The van der Waals surface area contributed by atoms with Crippen molar-refractivity contribution in [2.45, 2.75) is 26.2 Å². The minimum absolute atomic E-state index is 0. The molecule has 0 aliphatic heterocycles. The second-order valence-electron chi connectivity index (χ2n) is 5.46. The van der Waals surface area contributed by atoms with Crippen LogP contribution in [0.5, 0.6) is 0 Å². The van der Waals surface area contributed by atoms with E-state index in [-0.39, 0.29) is 7.43 Å². The molecule has 92 valence electrons. The van der Waals surface area contributed by atoms with Crippen LogP contribution in [0.15, 0.2) is 54.6 Å². The Bertz CT molecular complexity index is 589. The van der Waals surface area contributed by atoms with E-state index in [1.165, 1.54) is 23.6 Å². The maximum atomic E-state index is 2.45. The summed E-state index contributed by atoms with van der Waals surface area (Å²) in [4.78, 5) is 0. The molecule has 0 spiro atoms. The summed E-state index contributed by atoms with van der Waals surface area (Å²) in [5.41, 5.74) is 1.57. The van der Waals surface area contributed by atoms with Crippen molar-refractivity contribution < 1.29 is 0 Å². The second kappa shape index (κ2) is 4.28. The molecule has 3 atom stereocenters. The number of fused-ring (bicyclic) bond motifs is 3. The van der Waals surface area contributed by atoms with Crippen LogP contribution in [-0.2, 0) is 0 Å². The lowest BCUT2D eigenvalue weighted by molar-refractivity contribution is 0.589. The van der Waals surface area contributed by atoms with Gasteiger partial charge < -0.3 is 0 Å². The van der Waals surface area contributed by atoms with E-state index in [1.807, 2.05) is 0 Å². The number of hydrogen-bond acceptors (Lipinski definition) is 0. The fraction of sp³-hybridized carbons (Fsp3) is 0.333. The van der Waals surface area contributed by atoms with Gasteiger partial charge in [0, 0.05) is 0 Å². The first-order valence-corrected chi connectivity index (χ1v) is 6.58. The summed E-state index contributed by atoms with van der Waals surface area (Å²) in [6.45, 7) is 0. The smallest absolute Gasteiger partial charge is 0.00870 e. The Morgan fingerprint density at radius 1 is 0.833 bits per heavy atom.